The van der Waals surface area contributed by atoms with Crippen LogP contribution < -0.4 is 0 Å². The number of carbonyl (C=O) groups is 1. The molecule has 0 unspecified atom stereocenters. The Morgan fingerprint density at radius 1 is 1.44 bits per heavy atom. The second-order valence-corrected chi connectivity index (χ2v) is 4.53. The van der Waals surface area contributed by atoms with Crippen LogP contribution in [0.15, 0.2) is 30.3 Å². The van der Waals surface area contributed by atoms with Gasteiger partial charge < -0.3 is 4.74 Å². The van der Waals surface area contributed by atoms with E-state index >= 15 is 0 Å². The maximum Gasteiger partial charge on any atom is 0.323 e. The van der Waals surface area contributed by atoms with Crippen molar-refractivity contribution in [3.8, 4) is 6.07 Å². The lowest BCUT2D eigenvalue weighted by atomic mass is 9.94. The molecule has 1 aliphatic heterocycles. The van der Waals surface area contributed by atoms with Crippen molar-refractivity contribution >= 4 is 5.97 Å². The largest absolute Gasteiger partial charge is 0.468 e. The zero-order chi connectivity index (χ0) is 13.1. The van der Waals surface area contributed by atoms with Gasteiger partial charge in [0.05, 0.1) is 25.1 Å². The van der Waals surface area contributed by atoms with Crippen molar-refractivity contribution in [2.24, 2.45) is 5.92 Å². The highest BCUT2D eigenvalue weighted by Crippen LogP contribution is 2.39. The van der Waals surface area contributed by atoms with E-state index in [1.807, 2.05) is 42.3 Å². The molecule has 0 spiro atoms. The Morgan fingerprint density at radius 2 is 2.11 bits per heavy atom. The third-order valence-corrected chi connectivity index (χ3v) is 3.57. The smallest absolute Gasteiger partial charge is 0.323 e. The van der Waals surface area contributed by atoms with E-state index in [4.69, 9.17) is 4.74 Å². The first-order valence-corrected chi connectivity index (χ1v) is 5.93. The monoisotopic (exact) mass is 244 g/mol. The lowest BCUT2D eigenvalue weighted by Gasteiger charge is -2.25. The summed E-state index contributed by atoms with van der Waals surface area (Å²) in [5.74, 6) is -0.447. The standard InChI is InChI=1S/C14H16N2O2/c1-16-12(14(17)18-2)8-11(9-15)13(16)10-6-4-3-5-7-10/h3-7,11-13H,8H2,1-2H3/t11-,12+,13+/m1/s1. The molecule has 18 heavy (non-hydrogen) atoms. The van der Waals surface area contributed by atoms with E-state index in [1.165, 1.54) is 7.11 Å². The van der Waals surface area contributed by atoms with E-state index < -0.39 is 0 Å². The molecule has 0 bridgehead atoms. The third kappa shape index (κ3) is 2.09. The molecule has 4 nitrogen and oxygen atoms in total. The van der Waals surface area contributed by atoms with Crippen LogP contribution in [-0.2, 0) is 9.53 Å². The molecule has 2 rings (SSSR count). The molecule has 1 aromatic rings. The minimum absolute atomic E-state index is 0.0414. The van der Waals surface area contributed by atoms with E-state index in [2.05, 4.69) is 6.07 Å². The molecule has 0 aromatic heterocycles. The molecular formula is C14H16N2O2. The molecule has 1 aliphatic rings. The lowest BCUT2D eigenvalue weighted by molar-refractivity contribution is -0.145. The Morgan fingerprint density at radius 3 is 2.67 bits per heavy atom. The van der Waals surface area contributed by atoms with Gasteiger partial charge in [-0.15, -0.1) is 0 Å². The quantitative estimate of drug-likeness (QED) is 0.744. The number of carbonyl (C=O) groups excluding carboxylic acids is 1. The average Bonchev–Trinajstić information content (AvgIpc) is 2.75. The van der Waals surface area contributed by atoms with Crippen LogP contribution in [0, 0.1) is 17.2 Å². The summed E-state index contributed by atoms with van der Waals surface area (Å²) in [5.41, 5.74) is 1.07. The number of benzene rings is 1. The minimum Gasteiger partial charge on any atom is -0.468 e. The summed E-state index contributed by atoms with van der Waals surface area (Å²) >= 11 is 0. The van der Waals surface area contributed by atoms with Crippen LogP contribution in [0.2, 0.25) is 0 Å². The number of nitrogens with zero attached hydrogens (tertiary/aromatic N) is 2. The fourth-order valence-electron chi connectivity index (χ4n) is 2.65. The van der Waals surface area contributed by atoms with Gasteiger partial charge in [-0.1, -0.05) is 30.3 Å². The summed E-state index contributed by atoms with van der Waals surface area (Å²) in [4.78, 5) is 13.6. The highest BCUT2D eigenvalue weighted by molar-refractivity contribution is 5.76. The predicted octanol–water partition coefficient (Wildman–Crippen LogP) is 1.74. The van der Waals surface area contributed by atoms with Gasteiger partial charge in [-0.2, -0.15) is 5.26 Å². The first-order chi connectivity index (χ1) is 8.69. The summed E-state index contributed by atoms with van der Waals surface area (Å²) in [7, 11) is 3.25. The SMILES string of the molecule is COC(=O)[C@@H]1C[C@H](C#N)[C@H](c2ccccc2)N1C. The summed E-state index contributed by atoms with van der Waals surface area (Å²) in [5, 5.41) is 9.26. The number of methoxy groups -OCH3 is 1. The molecule has 1 aromatic carbocycles. The zero-order valence-electron chi connectivity index (χ0n) is 10.5. The molecule has 4 heteroatoms. The van der Waals surface area contributed by atoms with Gasteiger partial charge in [0.1, 0.15) is 6.04 Å². The summed E-state index contributed by atoms with van der Waals surface area (Å²) in [6.45, 7) is 0. The number of ether oxygens (including phenoxy) is 1. The Hall–Kier alpha value is -1.86. The fraction of sp³-hybridized carbons (Fsp3) is 0.429. The normalized spacial score (nSPS) is 27.7. The van der Waals surface area contributed by atoms with Crippen LogP contribution in [0.1, 0.15) is 18.0 Å². The Bertz CT molecular complexity index is 466. The van der Waals surface area contributed by atoms with Crippen LogP contribution in [0.3, 0.4) is 0 Å². The Labute approximate surface area is 107 Å². The fourth-order valence-corrected chi connectivity index (χ4v) is 2.65. The summed E-state index contributed by atoms with van der Waals surface area (Å²) in [6, 6.07) is 11.8. The first-order valence-electron chi connectivity index (χ1n) is 5.93. The van der Waals surface area contributed by atoms with Crippen molar-refractivity contribution in [1.82, 2.24) is 4.90 Å². The van der Waals surface area contributed by atoms with Crippen LogP contribution >= 0.6 is 0 Å². The molecule has 3 atom stereocenters. The van der Waals surface area contributed by atoms with Crippen LogP contribution in [-0.4, -0.2) is 31.1 Å². The summed E-state index contributed by atoms with van der Waals surface area (Å²) in [6.07, 6.45) is 0.527. The molecule has 0 saturated carbocycles. The highest BCUT2D eigenvalue weighted by atomic mass is 16.5. The van der Waals surface area contributed by atoms with E-state index in [1.54, 1.807) is 0 Å². The number of hydrogen-bond acceptors (Lipinski definition) is 4. The minimum atomic E-state index is -0.329. The number of rotatable bonds is 2. The Kier molecular flexibility index (Phi) is 3.63. The number of hydrogen-bond donors (Lipinski definition) is 0. The van der Waals surface area contributed by atoms with Gasteiger partial charge in [0.2, 0.25) is 0 Å². The summed E-state index contributed by atoms with van der Waals surface area (Å²) < 4.78 is 4.79. The van der Waals surface area contributed by atoms with Crippen LogP contribution in [0.25, 0.3) is 0 Å². The van der Waals surface area contributed by atoms with Crippen LogP contribution in [0.5, 0.6) is 0 Å². The van der Waals surface area contributed by atoms with Gasteiger partial charge in [-0.3, -0.25) is 9.69 Å². The molecule has 0 N–H and O–H groups in total. The molecule has 94 valence electrons. The first kappa shape index (κ1) is 12.6. The molecular weight excluding hydrogens is 228 g/mol. The number of esters is 1. The lowest BCUT2D eigenvalue weighted by Crippen LogP contribution is -2.35. The number of likely N-dealkylation sites (tertiary alicyclic amines) is 1. The van der Waals surface area contributed by atoms with Crippen molar-refractivity contribution < 1.29 is 9.53 Å². The molecule has 0 aliphatic carbocycles. The number of likely N-dealkylation sites (N-methyl/N-ethyl adjacent to an activating group) is 1. The van der Waals surface area contributed by atoms with E-state index in [-0.39, 0.29) is 24.0 Å². The van der Waals surface area contributed by atoms with Crippen molar-refractivity contribution in [2.45, 2.75) is 18.5 Å². The van der Waals surface area contributed by atoms with Crippen LogP contribution in [0.4, 0.5) is 0 Å². The van der Waals surface area contributed by atoms with Gasteiger partial charge in [0.15, 0.2) is 0 Å². The van der Waals surface area contributed by atoms with Gasteiger partial charge in [0, 0.05) is 0 Å². The predicted molar refractivity (Wildman–Crippen MR) is 66.5 cm³/mol. The van der Waals surface area contributed by atoms with Crippen molar-refractivity contribution in [3.63, 3.8) is 0 Å². The van der Waals surface area contributed by atoms with E-state index in [0.29, 0.717) is 6.42 Å². The molecule has 0 amide bonds. The molecule has 1 heterocycles. The van der Waals surface area contributed by atoms with E-state index in [0.717, 1.165) is 5.56 Å². The van der Waals surface area contributed by atoms with E-state index in [9.17, 15) is 10.1 Å². The highest BCUT2D eigenvalue weighted by Gasteiger charge is 2.43. The van der Waals surface area contributed by atoms with Crippen molar-refractivity contribution in [3.05, 3.63) is 35.9 Å². The molecule has 0 radical (unpaired) electrons. The number of nitriles is 1. The Balaban J connectivity index is 2.30. The topological polar surface area (TPSA) is 53.3 Å². The maximum absolute atomic E-state index is 11.7. The second kappa shape index (κ2) is 5.19. The van der Waals surface area contributed by atoms with Gasteiger partial charge >= 0.3 is 5.97 Å². The maximum atomic E-state index is 11.7. The molecule has 1 saturated heterocycles. The third-order valence-electron chi connectivity index (χ3n) is 3.57. The second-order valence-electron chi connectivity index (χ2n) is 4.53. The van der Waals surface area contributed by atoms with Gasteiger partial charge in [0.25, 0.3) is 0 Å². The van der Waals surface area contributed by atoms with Gasteiger partial charge in [-0.25, -0.2) is 0 Å². The average molecular weight is 244 g/mol. The van der Waals surface area contributed by atoms with Crippen molar-refractivity contribution in [2.75, 3.05) is 14.2 Å². The van der Waals surface area contributed by atoms with Gasteiger partial charge in [-0.05, 0) is 19.0 Å². The van der Waals surface area contributed by atoms with Crippen molar-refractivity contribution in [1.29, 1.82) is 5.26 Å². The molecule has 1 fully saturated rings. The zero-order valence-corrected chi connectivity index (χ0v) is 10.5.